The molecule has 3 heterocycles. The molecule has 2 aliphatic heterocycles. The Labute approximate surface area is 122 Å². The molecule has 0 aliphatic carbocycles. The molecule has 1 aromatic rings. The van der Waals surface area contributed by atoms with Crippen molar-refractivity contribution in [3.8, 4) is 0 Å². The summed E-state index contributed by atoms with van der Waals surface area (Å²) < 4.78 is 5.50. The summed E-state index contributed by atoms with van der Waals surface area (Å²) in [6.45, 7) is 5.28. The van der Waals surface area contributed by atoms with Crippen molar-refractivity contribution in [1.29, 1.82) is 0 Å². The van der Waals surface area contributed by atoms with Crippen LogP contribution in [0.15, 0.2) is 18.3 Å². The zero-order chi connectivity index (χ0) is 13.8. The van der Waals surface area contributed by atoms with Crippen LogP contribution in [0, 0.1) is 6.92 Å². The van der Waals surface area contributed by atoms with E-state index < -0.39 is 0 Å². The molecule has 0 amide bonds. The lowest BCUT2D eigenvalue weighted by Crippen LogP contribution is -2.42. The average Bonchev–Trinajstić information content (AvgIpc) is 2.95. The van der Waals surface area contributed by atoms with Gasteiger partial charge in [0.25, 0.3) is 0 Å². The third-order valence-electron chi connectivity index (χ3n) is 4.81. The third-order valence-corrected chi connectivity index (χ3v) is 4.81. The molecule has 110 valence electrons. The van der Waals surface area contributed by atoms with Crippen molar-refractivity contribution in [3.63, 3.8) is 0 Å². The predicted molar refractivity (Wildman–Crippen MR) is 80.9 cm³/mol. The Morgan fingerprint density at radius 3 is 2.95 bits per heavy atom. The number of aryl methyl sites for hydroxylation is 2. The molecule has 0 saturated carbocycles. The second-order valence-corrected chi connectivity index (χ2v) is 6.22. The second-order valence-electron chi connectivity index (χ2n) is 6.22. The number of aromatic nitrogens is 1. The Kier molecular flexibility index (Phi) is 4.69. The normalized spacial score (nSPS) is 25.1. The number of hydrogen-bond donors (Lipinski definition) is 0. The number of hydrogen-bond acceptors (Lipinski definition) is 3. The Bertz CT molecular complexity index is 429. The fraction of sp³-hybridized carbons (Fsp3) is 0.706. The zero-order valence-corrected chi connectivity index (χ0v) is 12.6. The van der Waals surface area contributed by atoms with Crippen LogP contribution in [0.5, 0.6) is 0 Å². The Morgan fingerprint density at radius 1 is 1.30 bits per heavy atom. The molecule has 20 heavy (non-hydrogen) atoms. The molecule has 0 unspecified atom stereocenters. The van der Waals surface area contributed by atoms with Gasteiger partial charge in [0.05, 0.1) is 0 Å². The highest BCUT2D eigenvalue weighted by Crippen LogP contribution is 2.28. The quantitative estimate of drug-likeness (QED) is 0.844. The summed E-state index contributed by atoms with van der Waals surface area (Å²) >= 11 is 0. The minimum Gasteiger partial charge on any atom is -0.381 e. The van der Waals surface area contributed by atoms with Crippen LogP contribution >= 0.6 is 0 Å². The van der Waals surface area contributed by atoms with Crippen molar-refractivity contribution in [1.82, 2.24) is 9.88 Å². The molecule has 2 fully saturated rings. The van der Waals surface area contributed by atoms with Gasteiger partial charge in [-0.05, 0) is 69.7 Å². The highest BCUT2D eigenvalue weighted by atomic mass is 16.5. The van der Waals surface area contributed by atoms with E-state index in [2.05, 4.69) is 28.9 Å². The molecule has 0 radical (unpaired) electrons. The number of pyridine rings is 1. The van der Waals surface area contributed by atoms with Crippen LogP contribution in [0.4, 0.5) is 0 Å². The maximum absolute atomic E-state index is 5.50. The molecule has 0 N–H and O–H groups in total. The van der Waals surface area contributed by atoms with E-state index in [0.717, 1.165) is 31.0 Å². The fourth-order valence-corrected chi connectivity index (χ4v) is 3.76. The van der Waals surface area contributed by atoms with Crippen molar-refractivity contribution >= 4 is 0 Å². The molecule has 0 bridgehead atoms. The number of likely N-dealkylation sites (tertiary alicyclic amines) is 1. The number of nitrogens with zero attached hydrogens (tertiary/aromatic N) is 2. The number of rotatable bonds is 4. The molecule has 1 aromatic heterocycles. The van der Waals surface area contributed by atoms with Gasteiger partial charge in [0.1, 0.15) is 0 Å². The lowest BCUT2D eigenvalue weighted by molar-refractivity contribution is 0.0282. The first-order chi connectivity index (χ1) is 9.83. The summed E-state index contributed by atoms with van der Waals surface area (Å²) in [5, 5.41) is 0. The van der Waals surface area contributed by atoms with E-state index in [1.165, 1.54) is 50.6 Å². The molecule has 2 aliphatic rings. The second kappa shape index (κ2) is 6.68. The van der Waals surface area contributed by atoms with Crippen molar-refractivity contribution in [2.24, 2.45) is 0 Å². The Morgan fingerprint density at radius 2 is 2.15 bits per heavy atom. The van der Waals surface area contributed by atoms with Crippen LogP contribution in [0.2, 0.25) is 0 Å². The van der Waals surface area contributed by atoms with Crippen molar-refractivity contribution < 1.29 is 4.74 Å². The van der Waals surface area contributed by atoms with Gasteiger partial charge in [-0.2, -0.15) is 0 Å². The van der Waals surface area contributed by atoms with Gasteiger partial charge in [0, 0.05) is 37.2 Å². The van der Waals surface area contributed by atoms with Gasteiger partial charge in [0.15, 0.2) is 0 Å². The molecule has 2 saturated heterocycles. The lowest BCUT2D eigenvalue weighted by Gasteiger charge is -2.35. The minimum absolute atomic E-state index is 0.774. The topological polar surface area (TPSA) is 25.4 Å². The van der Waals surface area contributed by atoms with Gasteiger partial charge in [-0.1, -0.05) is 0 Å². The molecule has 0 spiro atoms. The van der Waals surface area contributed by atoms with E-state index >= 15 is 0 Å². The largest absolute Gasteiger partial charge is 0.381 e. The lowest BCUT2D eigenvalue weighted by atomic mass is 10.0. The van der Waals surface area contributed by atoms with Crippen LogP contribution in [0.1, 0.15) is 43.4 Å². The molecule has 1 atom stereocenters. The van der Waals surface area contributed by atoms with Crippen LogP contribution in [-0.2, 0) is 11.2 Å². The zero-order valence-electron chi connectivity index (χ0n) is 12.6. The average molecular weight is 274 g/mol. The van der Waals surface area contributed by atoms with Gasteiger partial charge < -0.3 is 4.74 Å². The Hall–Kier alpha value is -0.930. The fourth-order valence-electron chi connectivity index (χ4n) is 3.76. The van der Waals surface area contributed by atoms with Crippen LogP contribution < -0.4 is 0 Å². The van der Waals surface area contributed by atoms with E-state index in [1.807, 2.05) is 6.20 Å². The predicted octanol–water partition coefficient (Wildman–Crippen LogP) is 2.97. The van der Waals surface area contributed by atoms with Crippen molar-refractivity contribution in [2.45, 2.75) is 57.5 Å². The molecular weight excluding hydrogens is 248 g/mol. The SMILES string of the molecule is Cc1cc(CC[C@H]2CCCN2C2CCOCC2)ccn1. The summed E-state index contributed by atoms with van der Waals surface area (Å²) in [6, 6.07) is 5.95. The molecular formula is C17H26N2O. The Balaban J connectivity index is 1.55. The van der Waals surface area contributed by atoms with E-state index in [0.29, 0.717) is 0 Å². The van der Waals surface area contributed by atoms with Gasteiger partial charge in [-0.25, -0.2) is 0 Å². The van der Waals surface area contributed by atoms with Crippen molar-refractivity contribution in [3.05, 3.63) is 29.6 Å². The first-order valence-corrected chi connectivity index (χ1v) is 8.08. The summed E-state index contributed by atoms with van der Waals surface area (Å²) in [7, 11) is 0. The number of ether oxygens (including phenoxy) is 1. The molecule has 0 aromatic carbocycles. The standard InChI is InChI=1S/C17H26N2O/c1-14-13-15(6-9-18-14)4-5-16-3-2-10-19(16)17-7-11-20-12-8-17/h6,9,13,16-17H,2-5,7-8,10-12H2,1H3/t16-/m1/s1. The summed E-state index contributed by atoms with van der Waals surface area (Å²) in [6.07, 6.45) is 9.62. The highest BCUT2D eigenvalue weighted by molar-refractivity contribution is 5.15. The van der Waals surface area contributed by atoms with Gasteiger partial charge in [-0.15, -0.1) is 0 Å². The first-order valence-electron chi connectivity index (χ1n) is 8.08. The smallest absolute Gasteiger partial charge is 0.0480 e. The van der Waals surface area contributed by atoms with E-state index in [4.69, 9.17) is 4.74 Å². The molecule has 3 rings (SSSR count). The van der Waals surface area contributed by atoms with Gasteiger partial charge in [0.2, 0.25) is 0 Å². The highest BCUT2D eigenvalue weighted by Gasteiger charge is 2.31. The van der Waals surface area contributed by atoms with Crippen molar-refractivity contribution in [2.75, 3.05) is 19.8 Å². The van der Waals surface area contributed by atoms with Crippen LogP contribution in [0.25, 0.3) is 0 Å². The summed E-state index contributed by atoms with van der Waals surface area (Å²) in [5.41, 5.74) is 2.58. The van der Waals surface area contributed by atoms with Gasteiger partial charge in [-0.3, -0.25) is 9.88 Å². The minimum atomic E-state index is 0.774. The monoisotopic (exact) mass is 274 g/mol. The van der Waals surface area contributed by atoms with E-state index in [-0.39, 0.29) is 0 Å². The van der Waals surface area contributed by atoms with E-state index in [1.54, 1.807) is 0 Å². The molecule has 3 nitrogen and oxygen atoms in total. The van der Waals surface area contributed by atoms with E-state index in [9.17, 15) is 0 Å². The summed E-state index contributed by atoms with van der Waals surface area (Å²) in [5.74, 6) is 0. The summed E-state index contributed by atoms with van der Waals surface area (Å²) in [4.78, 5) is 7.06. The maximum atomic E-state index is 5.50. The van der Waals surface area contributed by atoms with Crippen LogP contribution in [0.3, 0.4) is 0 Å². The third kappa shape index (κ3) is 3.39. The van der Waals surface area contributed by atoms with Gasteiger partial charge >= 0.3 is 0 Å². The van der Waals surface area contributed by atoms with Crippen LogP contribution in [-0.4, -0.2) is 41.7 Å². The first kappa shape index (κ1) is 14.0. The molecule has 3 heteroatoms. The maximum Gasteiger partial charge on any atom is 0.0480 e.